The summed E-state index contributed by atoms with van der Waals surface area (Å²) in [5, 5.41) is 9.01. The van der Waals surface area contributed by atoms with Crippen LogP contribution in [0.1, 0.15) is 29.0 Å². The SMILES string of the molecule is O=Cc1ccn2c(CC3CCCS3)nnc2c1. The van der Waals surface area contributed by atoms with Crippen molar-refractivity contribution in [3.63, 3.8) is 0 Å². The summed E-state index contributed by atoms with van der Waals surface area (Å²) in [5.41, 5.74) is 1.40. The molecule has 3 heterocycles. The molecular formula is C12H13N3OS. The Labute approximate surface area is 103 Å². The summed E-state index contributed by atoms with van der Waals surface area (Å²) in [6.07, 6.45) is 6.26. The van der Waals surface area contributed by atoms with Crippen molar-refractivity contribution in [2.24, 2.45) is 0 Å². The summed E-state index contributed by atoms with van der Waals surface area (Å²) in [6.45, 7) is 0. The van der Waals surface area contributed by atoms with Crippen LogP contribution in [0.5, 0.6) is 0 Å². The number of fused-ring (bicyclic) bond motifs is 1. The van der Waals surface area contributed by atoms with Crippen LogP contribution < -0.4 is 0 Å². The number of carbonyl (C=O) groups excluding carboxylic acids is 1. The molecule has 5 heteroatoms. The average molecular weight is 247 g/mol. The van der Waals surface area contributed by atoms with Gasteiger partial charge in [-0.2, -0.15) is 11.8 Å². The predicted octanol–water partition coefficient (Wildman–Crippen LogP) is 1.98. The molecule has 88 valence electrons. The number of hydrogen-bond acceptors (Lipinski definition) is 4. The fraction of sp³-hybridized carbons (Fsp3) is 0.417. The summed E-state index contributed by atoms with van der Waals surface area (Å²) in [4.78, 5) is 10.7. The number of nitrogens with zero attached hydrogens (tertiary/aromatic N) is 3. The minimum absolute atomic E-state index is 0.645. The topological polar surface area (TPSA) is 47.3 Å². The van der Waals surface area contributed by atoms with Gasteiger partial charge < -0.3 is 0 Å². The van der Waals surface area contributed by atoms with E-state index in [2.05, 4.69) is 10.2 Å². The van der Waals surface area contributed by atoms with E-state index in [4.69, 9.17) is 0 Å². The van der Waals surface area contributed by atoms with Crippen LogP contribution in [-0.2, 0) is 6.42 Å². The molecule has 2 aromatic heterocycles. The first-order valence-corrected chi connectivity index (χ1v) is 6.82. The number of aldehydes is 1. The molecular weight excluding hydrogens is 234 g/mol. The first kappa shape index (κ1) is 10.8. The molecule has 1 aliphatic heterocycles. The maximum absolute atomic E-state index is 10.7. The van der Waals surface area contributed by atoms with Gasteiger partial charge in [0.1, 0.15) is 12.1 Å². The summed E-state index contributed by atoms with van der Waals surface area (Å²) in [6, 6.07) is 3.57. The molecule has 0 aliphatic carbocycles. The molecule has 0 radical (unpaired) electrons. The third kappa shape index (κ3) is 2.07. The van der Waals surface area contributed by atoms with E-state index in [0.29, 0.717) is 10.8 Å². The van der Waals surface area contributed by atoms with Crippen LogP contribution in [-0.4, -0.2) is 31.9 Å². The monoisotopic (exact) mass is 247 g/mol. The molecule has 4 nitrogen and oxygen atoms in total. The van der Waals surface area contributed by atoms with Crippen LogP contribution in [0.25, 0.3) is 5.65 Å². The van der Waals surface area contributed by atoms with Gasteiger partial charge in [-0.25, -0.2) is 0 Å². The van der Waals surface area contributed by atoms with Gasteiger partial charge in [0.25, 0.3) is 0 Å². The van der Waals surface area contributed by atoms with Gasteiger partial charge in [0, 0.05) is 23.4 Å². The number of thioether (sulfide) groups is 1. The van der Waals surface area contributed by atoms with Crippen molar-refractivity contribution >= 4 is 23.7 Å². The zero-order chi connectivity index (χ0) is 11.7. The minimum atomic E-state index is 0.645. The molecule has 1 saturated heterocycles. The van der Waals surface area contributed by atoms with Gasteiger partial charge in [-0.1, -0.05) is 0 Å². The van der Waals surface area contributed by atoms with Gasteiger partial charge in [-0.15, -0.1) is 10.2 Å². The molecule has 2 aromatic rings. The maximum atomic E-state index is 10.7. The van der Waals surface area contributed by atoms with Crippen molar-refractivity contribution in [2.75, 3.05) is 5.75 Å². The third-order valence-electron chi connectivity index (χ3n) is 3.07. The van der Waals surface area contributed by atoms with E-state index in [1.54, 1.807) is 12.1 Å². The van der Waals surface area contributed by atoms with Crippen LogP contribution in [0.3, 0.4) is 0 Å². The summed E-state index contributed by atoms with van der Waals surface area (Å²) < 4.78 is 1.98. The van der Waals surface area contributed by atoms with Crippen molar-refractivity contribution in [1.82, 2.24) is 14.6 Å². The van der Waals surface area contributed by atoms with Crippen LogP contribution in [0.4, 0.5) is 0 Å². The number of carbonyl (C=O) groups is 1. The number of rotatable bonds is 3. The lowest BCUT2D eigenvalue weighted by Gasteiger charge is -2.06. The zero-order valence-electron chi connectivity index (χ0n) is 9.37. The van der Waals surface area contributed by atoms with Crippen LogP contribution in [0.2, 0.25) is 0 Å². The second kappa shape index (κ2) is 4.49. The van der Waals surface area contributed by atoms with Crippen molar-refractivity contribution in [2.45, 2.75) is 24.5 Å². The maximum Gasteiger partial charge on any atom is 0.161 e. The Morgan fingerprint density at radius 3 is 3.24 bits per heavy atom. The lowest BCUT2D eigenvalue weighted by atomic mass is 10.2. The van der Waals surface area contributed by atoms with E-state index >= 15 is 0 Å². The quantitative estimate of drug-likeness (QED) is 0.778. The highest BCUT2D eigenvalue weighted by molar-refractivity contribution is 8.00. The van der Waals surface area contributed by atoms with E-state index in [1.165, 1.54) is 18.6 Å². The normalized spacial score (nSPS) is 19.9. The van der Waals surface area contributed by atoms with Crippen LogP contribution in [0, 0.1) is 0 Å². The van der Waals surface area contributed by atoms with Crippen molar-refractivity contribution in [1.29, 1.82) is 0 Å². The summed E-state index contributed by atoms with van der Waals surface area (Å²) >= 11 is 2.02. The number of aromatic nitrogens is 3. The Kier molecular flexibility index (Phi) is 2.84. The Hall–Kier alpha value is -1.36. The fourth-order valence-corrected chi connectivity index (χ4v) is 3.44. The minimum Gasteiger partial charge on any atom is -0.298 e. The van der Waals surface area contributed by atoms with E-state index in [0.717, 1.165) is 24.2 Å². The molecule has 0 spiro atoms. The van der Waals surface area contributed by atoms with Crippen molar-refractivity contribution in [3.05, 3.63) is 29.7 Å². The Morgan fingerprint density at radius 1 is 1.53 bits per heavy atom. The van der Waals surface area contributed by atoms with Gasteiger partial charge in [-0.3, -0.25) is 9.20 Å². The van der Waals surface area contributed by atoms with E-state index in [1.807, 2.05) is 22.4 Å². The lowest BCUT2D eigenvalue weighted by Crippen LogP contribution is -2.06. The molecule has 0 saturated carbocycles. The smallest absolute Gasteiger partial charge is 0.161 e. The van der Waals surface area contributed by atoms with Crippen LogP contribution >= 0.6 is 11.8 Å². The van der Waals surface area contributed by atoms with Gasteiger partial charge in [-0.05, 0) is 30.7 Å². The largest absolute Gasteiger partial charge is 0.298 e. The molecule has 1 unspecified atom stereocenters. The third-order valence-corrected chi connectivity index (χ3v) is 4.47. The molecule has 1 aliphatic rings. The van der Waals surface area contributed by atoms with Crippen molar-refractivity contribution in [3.8, 4) is 0 Å². The molecule has 3 rings (SSSR count). The highest BCUT2D eigenvalue weighted by Gasteiger charge is 2.18. The molecule has 17 heavy (non-hydrogen) atoms. The van der Waals surface area contributed by atoms with Gasteiger partial charge in [0.2, 0.25) is 0 Å². The highest BCUT2D eigenvalue weighted by atomic mass is 32.2. The van der Waals surface area contributed by atoms with Crippen LogP contribution in [0.15, 0.2) is 18.3 Å². The second-order valence-electron chi connectivity index (χ2n) is 4.26. The van der Waals surface area contributed by atoms with E-state index in [-0.39, 0.29) is 0 Å². The number of pyridine rings is 1. The highest BCUT2D eigenvalue weighted by Crippen LogP contribution is 2.28. The molecule has 0 N–H and O–H groups in total. The molecule has 0 aromatic carbocycles. The summed E-state index contributed by atoms with van der Waals surface area (Å²) in [5.74, 6) is 2.26. The molecule has 0 amide bonds. The fourth-order valence-electron chi connectivity index (χ4n) is 2.18. The Bertz CT molecular complexity index is 546. The number of hydrogen-bond donors (Lipinski definition) is 0. The molecule has 1 atom stereocenters. The van der Waals surface area contributed by atoms with Crippen molar-refractivity contribution < 1.29 is 4.79 Å². The first-order chi connectivity index (χ1) is 8.36. The summed E-state index contributed by atoms with van der Waals surface area (Å²) in [7, 11) is 0. The Morgan fingerprint density at radius 2 is 2.47 bits per heavy atom. The average Bonchev–Trinajstić information content (AvgIpc) is 2.99. The molecule has 0 bridgehead atoms. The van der Waals surface area contributed by atoms with E-state index in [9.17, 15) is 4.79 Å². The second-order valence-corrected chi connectivity index (χ2v) is 5.67. The zero-order valence-corrected chi connectivity index (χ0v) is 10.2. The first-order valence-electron chi connectivity index (χ1n) is 5.77. The van der Waals surface area contributed by atoms with E-state index < -0.39 is 0 Å². The van der Waals surface area contributed by atoms with Gasteiger partial charge >= 0.3 is 0 Å². The van der Waals surface area contributed by atoms with Gasteiger partial charge in [0.05, 0.1) is 0 Å². The predicted molar refractivity (Wildman–Crippen MR) is 67.6 cm³/mol. The lowest BCUT2D eigenvalue weighted by molar-refractivity contribution is 0.112. The Balaban J connectivity index is 1.91. The van der Waals surface area contributed by atoms with Gasteiger partial charge in [0.15, 0.2) is 5.65 Å². The molecule has 1 fully saturated rings. The standard InChI is InChI=1S/C12H13N3OS/c16-8-9-3-4-15-11(6-9)13-14-12(15)7-10-2-1-5-17-10/h3-4,6,8,10H,1-2,5,7H2.